The van der Waals surface area contributed by atoms with Gasteiger partial charge < -0.3 is 11.1 Å². The Morgan fingerprint density at radius 2 is 2.20 bits per heavy atom. The number of thiophene rings is 1. The van der Waals surface area contributed by atoms with Crippen molar-refractivity contribution in [3.63, 3.8) is 0 Å². The largest absolute Gasteiger partial charge is 0.368 e. The van der Waals surface area contributed by atoms with Gasteiger partial charge in [-0.25, -0.2) is 4.98 Å². The van der Waals surface area contributed by atoms with Gasteiger partial charge in [0.2, 0.25) is 11.9 Å². The summed E-state index contributed by atoms with van der Waals surface area (Å²) in [4.78, 5) is 17.3. The van der Waals surface area contributed by atoms with E-state index >= 15 is 0 Å². The molecule has 0 amide bonds. The highest BCUT2D eigenvalue weighted by molar-refractivity contribution is 9.11. The molecule has 0 radical (unpaired) electrons. The van der Waals surface area contributed by atoms with E-state index in [1.54, 1.807) is 11.3 Å². The molecule has 0 aliphatic carbocycles. The average Bonchev–Trinajstić information content (AvgIpc) is 3.07. The van der Waals surface area contributed by atoms with E-state index in [0.29, 0.717) is 18.4 Å². The highest BCUT2D eigenvalue weighted by atomic mass is 79.9. The fourth-order valence-corrected chi connectivity index (χ4v) is 2.91. The first-order valence-electron chi connectivity index (χ1n) is 5.55. The standard InChI is InChI=1S/C10H9BrN8S/c11-7-2-1-6(20-7)3-14-9-16-8(12)17-10(18-9)19-5-13-4-15-19/h1-2,4-5H,3H2,(H3,12,14,16,17,18). The van der Waals surface area contributed by atoms with E-state index in [2.05, 4.69) is 46.3 Å². The van der Waals surface area contributed by atoms with Gasteiger partial charge in [-0.3, -0.25) is 0 Å². The Morgan fingerprint density at radius 1 is 1.30 bits per heavy atom. The van der Waals surface area contributed by atoms with Crippen molar-refractivity contribution in [2.75, 3.05) is 11.1 Å². The van der Waals surface area contributed by atoms with Crippen LogP contribution in [0.5, 0.6) is 0 Å². The number of nitrogens with two attached hydrogens (primary N) is 1. The number of aromatic nitrogens is 6. The van der Waals surface area contributed by atoms with Crippen LogP contribution < -0.4 is 11.1 Å². The predicted octanol–water partition coefficient (Wildman–Crippen LogP) is 1.47. The van der Waals surface area contributed by atoms with Crippen molar-refractivity contribution in [3.05, 3.63) is 33.5 Å². The first kappa shape index (κ1) is 12.9. The lowest BCUT2D eigenvalue weighted by Gasteiger charge is -2.05. The van der Waals surface area contributed by atoms with Crippen molar-refractivity contribution in [1.82, 2.24) is 29.7 Å². The van der Waals surface area contributed by atoms with Gasteiger partial charge in [0.15, 0.2) is 0 Å². The number of halogens is 1. The molecule has 3 N–H and O–H groups in total. The first-order chi connectivity index (χ1) is 9.70. The van der Waals surface area contributed by atoms with Gasteiger partial charge in [0, 0.05) is 4.88 Å². The molecular weight excluding hydrogens is 344 g/mol. The summed E-state index contributed by atoms with van der Waals surface area (Å²) in [5.74, 6) is 0.845. The molecule has 8 nitrogen and oxygen atoms in total. The molecule has 0 spiro atoms. The van der Waals surface area contributed by atoms with Gasteiger partial charge in [-0.15, -0.1) is 11.3 Å². The van der Waals surface area contributed by atoms with Crippen molar-refractivity contribution in [2.24, 2.45) is 0 Å². The molecule has 0 saturated carbocycles. The van der Waals surface area contributed by atoms with Crippen LogP contribution in [-0.4, -0.2) is 29.7 Å². The van der Waals surface area contributed by atoms with E-state index in [9.17, 15) is 0 Å². The minimum absolute atomic E-state index is 0.125. The van der Waals surface area contributed by atoms with Gasteiger partial charge >= 0.3 is 0 Å². The summed E-state index contributed by atoms with van der Waals surface area (Å²) >= 11 is 5.06. The Hall–Kier alpha value is -2.07. The van der Waals surface area contributed by atoms with E-state index in [-0.39, 0.29) is 5.95 Å². The van der Waals surface area contributed by atoms with Crippen LogP contribution in [0.4, 0.5) is 11.9 Å². The topological polar surface area (TPSA) is 107 Å². The van der Waals surface area contributed by atoms with Gasteiger partial charge in [-0.2, -0.15) is 24.7 Å². The monoisotopic (exact) mass is 352 g/mol. The Balaban J connectivity index is 1.79. The molecule has 0 aromatic carbocycles. The Kier molecular flexibility index (Phi) is 3.56. The van der Waals surface area contributed by atoms with Crippen LogP contribution in [0.3, 0.4) is 0 Å². The van der Waals surface area contributed by atoms with Crippen molar-refractivity contribution in [2.45, 2.75) is 6.54 Å². The summed E-state index contributed by atoms with van der Waals surface area (Å²) in [6.45, 7) is 0.608. The van der Waals surface area contributed by atoms with Crippen LogP contribution in [-0.2, 0) is 6.54 Å². The summed E-state index contributed by atoms with van der Waals surface area (Å²) in [6, 6.07) is 4.01. The van der Waals surface area contributed by atoms with Crippen LogP contribution in [0.1, 0.15) is 4.88 Å². The smallest absolute Gasteiger partial charge is 0.258 e. The molecule has 3 heterocycles. The summed E-state index contributed by atoms with van der Waals surface area (Å²) in [5.41, 5.74) is 5.67. The summed E-state index contributed by atoms with van der Waals surface area (Å²) in [7, 11) is 0. The molecule has 0 aliphatic rings. The quantitative estimate of drug-likeness (QED) is 0.731. The third-order valence-electron chi connectivity index (χ3n) is 2.31. The van der Waals surface area contributed by atoms with Gasteiger partial charge in [-0.1, -0.05) is 0 Å². The number of nitrogens with one attached hydrogen (secondary N) is 1. The summed E-state index contributed by atoms with van der Waals surface area (Å²) in [5, 5.41) is 7.06. The Labute approximate surface area is 126 Å². The number of anilines is 2. The molecule has 10 heteroatoms. The van der Waals surface area contributed by atoms with Crippen LogP contribution in [0, 0.1) is 0 Å². The van der Waals surface area contributed by atoms with E-state index in [1.165, 1.54) is 17.3 Å². The minimum Gasteiger partial charge on any atom is -0.368 e. The molecular formula is C10H9BrN8S. The normalized spacial score (nSPS) is 10.7. The second-order valence-corrected chi connectivity index (χ2v) is 6.26. The molecule has 20 heavy (non-hydrogen) atoms. The lowest BCUT2D eigenvalue weighted by Crippen LogP contribution is -2.11. The molecule has 0 bridgehead atoms. The second-order valence-electron chi connectivity index (χ2n) is 3.72. The minimum atomic E-state index is 0.125. The molecule has 102 valence electrons. The summed E-state index contributed by atoms with van der Waals surface area (Å²) < 4.78 is 2.50. The van der Waals surface area contributed by atoms with E-state index in [4.69, 9.17) is 5.73 Å². The van der Waals surface area contributed by atoms with Gasteiger partial charge in [0.05, 0.1) is 10.3 Å². The zero-order valence-corrected chi connectivity index (χ0v) is 12.5. The third kappa shape index (κ3) is 2.91. The third-order valence-corrected chi connectivity index (χ3v) is 3.94. The van der Waals surface area contributed by atoms with Gasteiger partial charge in [0.1, 0.15) is 12.7 Å². The van der Waals surface area contributed by atoms with Crippen molar-refractivity contribution < 1.29 is 0 Å². The van der Waals surface area contributed by atoms with E-state index in [0.717, 1.165) is 8.66 Å². The van der Waals surface area contributed by atoms with Gasteiger partial charge in [-0.05, 0) is 28.1 Å². The number of hydrogen-bond acceptors (Lipinski definition) is 8. The number of rotatable bonds is 4. The number of nitrogens with zero attached hydrogens (tertiary/aromatic N) is 6. The zero-order chi connectivity index (χ0) is 13.9. The second kappa shape index (κ2) is 5.51. The van der Waals surface area contributed by atoms with E-state index < -0.39 is 0 Å². The molecule has 0 unspecified atom stereocenters. The SMILES string of the molecule is Nc1nc(NCc2ccc(Br)s2)nc(-n2cncn2)n1. The van der Waals surface area contributed by atoms with Crippen LogP contribution >= 0.6 is 27.3 Å². The number of hydrogen-bond donors (Lipinski definition) is 2. The lowest BCUT2D eigenvalue weighted by atomic mass is 10.5. The van der Waals surface area contributed by atoms with Crippen molar-refractivity contribution in [1.29, 1.82) is 0 Å². The highest BCUT2D eigenvalue weighted by Gasteiger charge is 2.07. The Morgan fingerprint density at radius 3 is 2.90 bits per heavy atom. The van der Waals surface area contributed by atoms with Crippen LogP contribution in [0.15, 0.2) is 28.6 Å². The predicted molar refractivity (Wildman–Crippen MR) is 78.5 cm³/mol. The number of nitrogen functional groups attached to an aromatic ring is 1. The van der Waals surface area contributed by atoms with Crippen molar-refractivity contribution >= 4 is 39.2 Å². The zero-order valence-electron chi connectivity index (χ0n) is 10.1. The molecule has 3 aromatic heterocycles. The fraction of sp³-hybridized carbons (Fsp3) is 0.100. The first-order valence-corrected chi connectivity index (χ1v) is 7.16. The fourth-order valence-electron chi connectivity index (χ4n) is 1.49. The molecule has 0 fully saturated rings. The molecule has 0 aliphatic heterocycles. The van der Waals surface area contributed by atoms with Gasteiger partial charge in [0.25, 0.3) is 5.95 Å². The summed E-state index contributed by atoms with van der Waals surface area (Å²) in [6.07, 6.45) is 2.89. The average molecular weight is 353 g/mol. The van der Waals surface area contributed by atoms with Crippen molar-refractivity contribution in [3.8, 4) is 5.95 Å². The Bertz CT molecular complexity index is 710. The maximum atomic E-state index is 5.67. The molecule has 3 aromatic rings. The molecule has 0 atom stereocenters. The van der Waals surface area contributed by atoms with E-state index in [1.807, 2.05) is 12.1 Å². The molecule has 3 rings (SSSR count). The highest BCUT2D eigenvalue weighted by Crippen LogP contribution is 2.22. The molecule has 0 saturated heterocycles. The van der Waals surface area contributed by atoms with Crippen LogP contribution in [0.2, 0.25) is 0 Å². The van der Waals surface area contributed by atoms with Crippen LogP contribution in [0.25, 0.3) is 5.95 Å². The lowest BCUT2D eigenvalue weighted by molar-refractivity contribution is 0.797. The maximum absolute atomic E-state index is 5.67. The maximum Gasteiger partial charge on any atom is 0.258 e.